The summed E-state index contributed by atoms with van der Waals surface area (Å²) in [6.07, 6.45) is 0. The fraction of sp³-hybridized carbons (Fsp3) is 0.556. The van der Waals surface area contributed by atoms with Crippen molar-refractivity contribution in [1.29, 1.82) is 0 Å². The molecule has 68 valence electrons. The predicted octanol–water partition coefficient (Wildman–Crippen LogP) is 3.32. The van der Waals surface area contributed by atoms with E-state index in [-0.39, 0.29) is 0 Å². The van der Waals surface area contributed by atoms with Crippen molar-refractivity contribution in [3.63, 3.8) is 0 Å². The second-order valence-corrected chi connectivity index (χ2v) is 5.66. The van der Waals surface area contributed by atoms with Crippen molar-refractivity contribution in [2.24, 2.45) is 0 Å². The van der Waals surface area contributed by atoms with Crippen molar-refractivity contribution < 1.29 is 0 Å². The minimum Gasteiger partial charge on any atom is -0.310 e. The molecule has 0 aliphatic carbocycles. The van der Waals surface area contributed by atoms with E-state index in [1.54, 1.807) is 0 Å². The Balaban J connectivity index is 2.53. The number of nitrogens with one attached hydrogen (secondary N) is 1. The molecule has 0 spiro atoms. The minimum atomic E-state index is 0.561. The van der Waals surface area contributed by atoms with Crippen LogP contribution in [0.1, 0.15) is 24.3 Å². The third-order valence-corrected chi connectivity index (χ3v) is 3.73. The summed E-state index contributed by atoms with van der Waals surface area (Å²) in [4.78, 5) is 1.40. The summed E-state index contributed by atoms with van der Waals surface area (Å²) in [5.74, 6) is 0. The first-order valence-electron chi connectivity index (χ1n) is 4.08. The molecule has 1 aromatic rings. The molecule has 0 atom stereocenters. The van der Waals surface area contributed by atoms with Gasteiger partial charge < -0.3 is 5.32 Å². The average Bonchev–Trinajstić information content (AvgIpc) is 2.28. The molecule has 0 radical (unpaired) electrons. The zero-order valence-electron chi connectivity index (χ0n) is 7.65. The monoisotopic (exact) mass is 247 g/mol. The zero-order chi connectivity index (χ0) is 9.14. The molecule has 0 saturated heterocycles. The number of aryl methyl sites for hydroxylation is 1. The van der Waals surface area contributed by atoms with Crippen LogP contribution in [0.2, 0.25) is 0 Å². The molecule has 0 fully saturated rings. The lowest BCUT2D eigenvalue weighted by molar-refractivity contribution is 0.593. The lowest BCUT2D eigenvalue weighted by Gasteiger charge is -2.04. The second kappa shape index (κ2) is 4.40. The Labute approximate surface area is 86.3 Å². The van der Waals surface area contributed by atoms with Gasteiger partial charge in [0.25, 0.3) is 0 Å². The van der Waals surface area contributed by atoms with Crippen molar-refractivity contribution in [3.8, 4) is 0 Å². The zero-order valence-corrected chi connectivity index (χ0v) is 10.1. The predicted molar refractivity (Wildman–Crippen MR) is 58.7 cm³/mol. The highest BCUT2D eigenvalue weighted by molar-refractivity contribution is 9.11. The van der Waals surface area contributed by atoms with E-state index in [2.05, 4.69) is 48.1 Å². The maximum absolute atomic E-state index is 3.51. The van der Waals surface area contributed by atoms with E-state index in [4.69, 9.17) is 0 Å². The standard InChI is InChI=1S/C9H14BrNS/c1-6(2)11-5-8-4-7(3)9(10)12-8/h4,6,11H,5H2,1-3H3. The fourth-order valence-corrected chi connectivity index (χ4v) is 2.49. The largest absolute Gasteiger partial charge is 0.310 e. The Morgan fingerprint density at radius 2 is 2.25 bits per heavy atom. The van der Waals surface area contributed by atoms with Crippen LogP contribution >= 0.6 is 27.3 Å². The van der Waals surface area contributed by atoms with E-state index in [1.165, 1.54) is 14.2 Å². The molecule has 1 aromatic heterocycles. The molecule has 0 unspecified atom stereocenters. The molecule has 0 amide bonds. The molecule has 1 rings (SSSR count). The van der Waals surface area contributed by atoms with Crippen LogP contribution in [0.15, 0.2) is 9.85 Å². The van der Waals surface area contributed by atoms with Crippen molar-refractivity contribution >= 4 is 27.3 Å². The maximum atomic E-state index is 3.51. The number of thiophene rings is 1. The summed E-state index contributed by atoms with van der Waals surface area (Å²) >= 11 is 5.32. The summed E-state index contributed by atoms with van der Waals surface area (Å²) in [6, 6.07) is 2.79. The highest BCUT2D eigenvalue weighted by Gasteiger charge is 2.02. The molecule has 1 N–H and O–H groups in total. The molecule has 0 aliphatic rings. The fourth-order valence-electron chi connectivity index (χ4n) is 0.915. The molecule has 0 aliphatic heterocycles. The van der Waals surface area contributed by atoms with E-state index in [0.29, 0.717) is 6.04 Å². The first-order valence-corrected chi connectivity index (χ1v) is 5.68. The van der Waals surface area contributed by atoms with Gasteiger partial charge in [-0.2, -0.15) is 0 Å². The third kappa shape index (κ3) is 2.88. The molecule has 12 heavy (non-hydrogen) atoms. The first-order chi connectivity index (χ1) is 5.59. The number of hydrogen-bond acceptors (Lipinski definition) is 2. The normalized spacial score (nSPS) is 11.1. The van der Waals surface area contributed by atoms with Gasteiger partial charge in [-0.1, -0.05) is 13.8 Å². The van der Waals surface area contributed by atoms with Gasteiger partial charge >= 0.3 is 0 Å². The summed E-state index contributed by atoms with van der Waals surface area (Å²) in [5, 5.41) is 3.39. The lowest BCUT2D eigenvalue weighted by Crippen LogP contribution is -2.21. The van der Waals surface area contributed by atoms with Crippen molar-refractivity contribution in [2.45, 2.75) is 33.4 Å². The van der Waals surface area contributed by atoms with Crippen molar-refractivity contribution in [1.82, 2.24) is 5.32 Å². The van der Waals surface area contributed by atoms with Crippen LogP contribution in [0.25, 0.3) is 0 Å². The molecule has 3 heteroatoms. The van der Waals surface area contributed by atoms with E-state index in [9.17, 15) is 0 Å². The van der Waals surface area contributed by atoms with E-state index >= 15 is 0 Å². The van der Waals surface area contributed by atoms with Crippen LogP contribution in [0.5, 0.6) is 0 Å². The van der Waals surface area contributed by atoms with Crippen LogP contribution in [0.3, 0.4) is 0 Å². The van der Waals surface area contributed by atoms with E-state index in [0.717, 1.165) is 6.54 Å². The third-order valence-electron chi connectivity index (χ3n) is 1.59. The Morgan fingerprint density at radius 1 is 1.58 bits per heavy atom. The van der Waals surface area contributed by atoms with Gasteiger partial charge in [0.15, 0.2) is 0 Å². The van der Waals surface area contributed by atoms with E-state index in [1.807, 2.05) is 11.3 Å². The average molecular weight is 248 g/mol. The topological polar surface area (TPSA) is 12.0 Å². The smallest absolute Gasteiger partial charge is 0.0730 e. The Morgan fingerprint density at radius 3 is 2.67 bits per heavy atom. The van der Waals surface area contributed by atoms with Crippen LogP contribution in [0, 0.1) is 6.92 Å². The van der Waals surface area contributed by atoms with Crippen molar-refractivity contribution in [2.75, 3.05) is 0 Å². The van der Waals surface area contributed by atoms with Gasteiger partial charge in [-0.25, -0.2) is 0 Å². The van der Waals surface area contributed by atoms with Crippen molar-refractivity contribution in [3.05, 3.63) is 20.3 Å². The van der Waals surface area contributed by atoms with Gasteiger partial charge in [-0.3, -0.25) is 0 Å². The van der Waals surface area contributed by atoms with Crippen LogP contribution in [0.4, 0.5) is 0 Å². The number of hydrogen-bond donors (Lipinski definition) is 1. The maximum Gasteiger partial charge on any atom is 0.0730 e. The quantitative estimate of drug-likeness (QED) is 0.865. The summed E-state index contributed by atoms with van der Waals surface area (Å²) in [6.45, 7) is 7.43. The Bertz CT molecular complexity index is 236. The Kier molecular flexibility index (Phi) is 3.75. The molecular weight excluding hydrogens is 234 g/mol. The molecule has 0 saturated carbocycles. The Hall–Kier alpha value is 0.140. The number of rotatable bonds is 3. The minimum absolute atomic E-state index is 0.561. The highest BCUT2D eigenvalue weighted by atomic mass is 79.9. The first kappa shape index (κ1) is 10.2. The summed E-state index contributed by atoms with van der Waals surface area (Å²) < 4.78 is 1.25. The van der Waals surface area contributed by atoms with Crippen LogP contribution in [-0.4, -0.2) is 6.04 Å². The molecule has 1 heterocycles. The summed E-state index contributed by atoms with van der Waals surface area (Å²) in [7, 11) is 0. The summed E-state index contributed by atoms with van der Waals surface area (Å²) in [5.41, 5.74) is 1.33. The number of halogens is 1. The van der Waals surface area contributed by atoms with Crippen LogP contribution in [-0.2, 0) is 6.54 Å². The van der Waals surface area contributed by atoms with Gasteiger partial charge in [0.1, 0.15) is 0 Å². The van der Waals surface area contributed by atoms with Gasteiger partial charge in [0.05, 0.1) is 3.79 Å². The van der Waals surface area contributed by atoms with Gasteiger partial charge in [0.2, 0.25) is 0 Å². The van der Waals surface area contributed by atoms with Gasteiger partial charge in [-0.15, -0.1) is 11.3 Å². The lowest BCUT2D eigenvalue weighted by atomic mass is 10.3. The molecular formula is C9H14BrNS. The van der Waals surface area contributed by atoms with E-state index < -0.39 is 0 Å². The molecule has 1 nitrogen and oxygen atoms in total. The van der Waals surface area contributed by atoms with Crippen LogP contribution < -0.4 is 5.32 Å². The molecule has 0 aromatic carbocycles. The SMILES string of the molecule is Cc1cc(CNC(C)C)sc1Br. The second-order valence-electron chi connectivity index (χ2n) is 3.21. The van der Waals surface area contributed by atoms with Gasteiger partial charge in [-0.05, 0) is 34.5 Å². The molecule has 0 bridgehead atoms. The van der Waals surface area contributed by atoms with Gasteiger partial charge in [0, 0.05) is 17.5 Å². The highest BCUT2D eigenvalue weighted by Crippen LogP contribution is 2.27.